The number of aromatic nitrogens is 2. The molecule has 0 radical (unpaired) electrons. The molecule has 0 spiro atoms. The molecule has 0 saturated carbocycles. The third-order valence-electron chi connectivity index (χ3n) is 5.73. The standard InChI is InChI=1S/C25H33N3O/c1-2-3-4-6-14-21(24(26)29)15-9-10-18-28-19-23(20-12-7-5-8-13-20)22-16-11-17-27-25(22)28/h5,7-8,11-13,16-17,19,21H,2-4,6,9-10,14-15,18H2,1H3,(H2,26,29). The van der Waals surface area contributed by atoms with Crippen molar-refractivity contribution >= 4 is 16.9 Å². The minimum atomic E-state index is -0.138. The van der Waals surface area contributed by atoms with E-state index in [0.29, 0.717) is 0 Å². The van der Waals surface area contributed by atoms with E-state index in [1.807, 2.05) is 18.3 Å². The number of pyridine rings is 1. The van der Waals surface area contributed by atoms with Gasteiger partial charge in [-0.15, -0.1) is 0 Å². The highest BCUT2D eigenvalue weighted by Crippen LogP contribution is 2.29. The fourth-order valence-electron chi connectivity index (χ4n) is 4.06. The lowest BCUT2D eigenvalue weighted by molar-refractivity contribution is -0.122. The van der Waals surface area contributed by atoms with Crippen LogP contribution in [0.4, 0.5) is 0 Å². The molecule has 2 heterocycles. The maximum Gasteiger partial charge on any atom is 0.220 e. The zero-order valence-corrected chi connectivity index (χ0v) is 17.5. The highest BCUT2D eigenvalue weighted by Gasteiger charge is 2.15. The summed E-state index contributed by atoms with van der Waals surface area (Å²) in [7, 11) is 0. The van der Waals surface area contributed by atoms with E-state index in [1.54, 1.807) is 0 Å². The number of carbonyl (C=O) groups excluding carboxylic acids is 1. The van der Waals surface area contributed by atoms with Crippen molar-refractivity contribution in [2.75, 3.05) is 0 Å². The van der Waals surface area contributed by atoms with Crippen molar-refractivity contribution in [3.8, 4) is 11.1 Å². The Labute approximate surface area is 174 Å². The van der Waals surface area contributed by atoms with Crippen molar-refractivity contribution < 1.29 is 4.79 Å². The number of primary amides is 1. The summed E-state index contributed by atoms with van der Waals surface area (Å²) in [5, 5.41) is 1.18. The van der Waals surface area contributed by atoms with Crippen LogP contribution in [0.2, 0.25) is 0 Å². The summed E-state index contributed by atoms with van der Waals surface area (Å²) in [5.74, 6) is -0.118. The van der Waals surface area contributed by atoms with Gasteiger partial charge in [-0.25, -0.2) is 4.98 Å². The Bertz CT molecular complexity index is 901. The first kappa shape index (κ1) is 21.1. The first-order chi connectivity index (χ1) is 14.2. The average molecular weight is 392 g/mol. The van der Waals surface area contributed by atoms with E-state index >= 15 is 0 Å². The molecule has 0 aliphatic heterocycles. The predicted octanol–water partition coefficient (Wildman–Crippen LogP) is 5.95. The van der Waals surface area contributed by atoms with E-state index < -0.39 is 0 Å². The van der Waals surface area contributed by atoms with Gasteiger partial charge in [-0.05, 0) is 37.0 Å². The quantitative estimate of drug-likeness (QED) is 0.388. The van der Waals surface area contributed by atoms with E-state index in [-0.39, 0.29) is 11.8 Å². The van der Waals surface area contributed by atoms with Gasteiger partial charge in [0, 0.05) is 35.8 Å². The average Bonchev–Trinajstić information content (AvgIpc) is 3.12. The number of aryl methyl sites for hydroxylation is 1. The van der Waals surface area contributed by atoms with Crippen molar-refractivity contribution in [1.29, 1.82) is 0 Å². The van der Waals surface area contributed by atoms with Gasteiger partial charge in [0.1, 0.15) is 5.65 Å². The molecule has 2 N–H and O–H groups in total. The van der Waals surface area contributed by atoms with Crippen LogP contribution in [-0.4, -0.2) is 15.5 Å². The second kappa shape index (κ2) is 10.8. The SMILES string of the molecule is CCCCCCC(CCCCn1cc(-c2ccccc2)c2cccnc21)C(N)=O. The Kier molecular flexibility index (Phi) is 7.85. The zero-order valence-electron chi connectivity index (χ0n) is 17.5. The first-order valence-corrected chi connectivity index (χ1v) is 11.0. The summed E-state index contributed by atoms with van der Waals surface area (Å²) in [4.78, 5) is 16.4. The lowest BCUT2D eigenvalue weighted by Gasteiger charge is -2.13. The van der Waals surface area contributed by atoms with Crippen molar-refractivity contribution in [3.63, 3.8) is 0 Å². The van der Waals surface area contributed by atoms with Gasteiger partial charge in [0.05, 0.1) is 0 Å². The van der Waals surface area contributed by atoms with E-state index in [0.717, 1.165) is 44.3 Å². The minimum Gasteiger partial charge on any atom is -0.369 e. The van der Waals surface area contributed by atoms with Crippen LogP contribution >= 0.6 is 0 Å². The number of carbonyl (C=O) groups is 1. The third kappa shape index (κ3) is 5.69. The minimum absolute atomic E-state index is 0.0197. The first-order valence-electron chi connectivity index (χ1n) is 11.0. The van der Waals surface area contributed by atoms with Crippen LogP contribution in [0.5, 0.6) is 0 Å². The van der Waals surface area contributed by atoms with Crippen molar-refractivity contribution in [3.05, 3.63) is 54.9 Å². The van der Waals surface area contributed by atoms with Crippen molar-refractivity contribution in [2.45, 2.75) is 64.8 Å². The maximum absolute atomic E-state index is 11.8. The van der Waals surface area contributed by atoms with Crippen LogP contribution < -0.4 is 5.73 Å². The number of nitrogens with zero attached hydrogens (tertiary/aromatic N) is 2. The van der Waals surface area contributed by atoms with Gasteiger partial charge in [0.25, 0.3) is 0 Å². The molecule has 0 aliphatic carbocycles. The second-order valence-electron chi connectivity index (χ2n) is 7.92. The summed E-state index contributed by atoms with van der Waals surface area (Å²) in [6.07, 6.45) is 12.7. The molecule has 29 heavy (non-hydrogen) atoms. The number of hydrogen-bond donors (Lipinski definition) is 1. The Hall–Kier alpha value is -2.62. The Morgan fingerprint density at radius 2 is 1.76 bits per heavy atom. The zero-order chi connectivity index (χ0) is 20.5. The van der Waals surface area contributed by atoms with Crippen LogP contribution in [0.25, 0.3) is 22.2 Å². The van der Waals surface area contributed by atoms with Gasteiger partial charge in [-0.2, -0.15) is 0 Å². The molecule has 0 aliphatic rings. The van der Waals surface area contributed by atoms with Gasteiger partial charge in [0.2, 0.25) is 5.91 Å². The molecular weight excluding hydrogens is 358 g/mol. The maximum atomic E-state index is 11.8. The molecule has 4 nitrogen and oxygen atoms in total. The van der Waals surface area contributed by atoms with Gasteiger partial charge in [-0.3, -0.25) is 4.79 Å². The number of nitrogens with two attached hydrogens (primary N) is 1. The predicted molar refractivity (Wildman–Crippen MR) is 120 cm³/mol. The Morgan fingerprint density at radius 1 is 1.00 bits per heavy atom. The lowest BCUT2D eigenvalue weighted by Crippen LogP contribution is -2.23. The van der Waals surface area contributed by atoms with Crippen molar-refractivity contribution in [2.24, 2.45) is 11.7 Å². The molecule has 0 fully saturated rings. The second-order valence-corrected chi connectivity index (χ2v) is 7.92. The highest BCUT2D eigenvalue weighted by atomic mass is 16.1. The molecule has 1 unspecified atom stereocenters. The monoisotopic (exact) mass is 391 g/mol. The van der Waals surface area contributed by atoms with Crippen LogP contribution in [-0.2, 0) is 11.3 Å². The number of fused-ring (bicyclic) bond motifs is 1. The number of amides is 1. The van der Waals surface area contributed by atoms with Crippen LogP contribution in [0, 0.1) is 5.92 Å². The fourth-order valence-corrected chi connectivity index (χ4v) is 4.06. The molecular formula is C25H33N3O. The van der Waals surface area contributed by atoms with Gasteiger partial charge >= 0.3 is 0 Å². The molecule has 3 rings (SSSR count). The van der Waals surface area contributed by atoms with Gasteiger partial charge in [0.15, 0.2) is 0 Å². The Balaban J connectivity index is 1.60. The van der Waals surface area contributed by atoms with E-state index in [4.69, 9.17) is 5.73 Å². The molecule has 154 valence electrons. The lowest BCUT2D eigenvalue weighted by atomic mass is 9.94. The third-order valence-corrected chi connectivity index (χ3v) is 5.73. The van der Waals surface area contributed by atoms with E-state index in [1.165, 1.54) is 35.8 Å². The summed E-state index contributed by atoms with van der Waals surface area (Å²) >= 11 is 0. The summed E-state index contributed by atoms with van der Waals surface area (Å²) < 4.78 is 2.25. The van der Waals surface area contributed by atoms with Crippen LogP contribution in [0.1, 0.15) is 58.3 Å². The highest BCUT2D eigenvalue weighted by molar-refractivity contribution is 5.94. The van der Waals surface area contributed by atoms with Gasteiger partial charge < -0.3 is 10.3 Å². The van der Waals surface area contributed by atoms with E-state index in [9.17, 15) is 4.79 Å². The van der Waals surface area contributed by atoms with Crippen LogP contribution in [0.15, 0.2) is 54.9 Å². The van der Waals surface area contributed by atoms with Gasteiger partial charge in [-0.1, -0.05) is 69.4 Å². The topological polar surface area (TPSA) is 60.9 Å². The number of unbranched alkanes of at least 4 members (excludes halogenated alkanes) is 4. The molecule has 0 bridgehead atoms. The smallest absolute Gasteiger partial charge is 0.220 e. The molecule has 2 aromatic heterocycles. The normalized spacial score (nSPS) is 12.3. The number of rotatable bonds is 12. The molecule has 1 aromatic carbocycles. The summed E-state index contributed by atoms with van der Waals surface area (Å²) in [6, 6.07) is 14.6. The molecule has 1 atom stereocenters. The Morgan fingerprint density at radius 3 is 2.48 bits per heavy atom. The molecule has 0 saturated heterocycles. The van der Waals surface area contributed by atoms with E-state index in [2.05, 4.69) is 53.0 Å². The van der Waals surface area contributed by atoms with Crippen molar-refractivity contribution in [1.82, 2.24) is 9.55 Å². The molecule has 3 aromatic rings. The summed E-state index contributed by atoms with van der Waals surface area (Å²) in [6.45, 7) is 3.11. The number of benzene rings is 1. The molecule has 4 heteroatoms. The van der Waals surface area contributed by atoms with Crippen LogP contribution in [0.3, 0.4) is 0 Å². The largest absolute Gasteiger partial charge is 0.369 e. The summed E-state index contributed by atoms with van der Waals surface area (Å²) in [5.41, 5.74) is 9.09. The number of hydrogen-bond acceptors (Lipinski definition) is 2. The molecule has 1 amide bonds. The fraction of sp³-hybridized carbons (Fsp3) is 0.440.